The fourth-order valence-corrected chi connectivity index (χ4v) is 5.77. The van der Waals surface area contributed by atoms with Crippen LogP contribution in [0.5, 0.6) is 0 Å². The smallest absolute Gasteiger partial charge is 0.410 e. The number of hydrogen-bond donors (Lipinski definition) is 1. The van der Waals surface area contributed by atoms with Crippen molar-refractivity contribution in [1.29, 1.82) is 0 Å². The number of rotatable bonds is 2. The maximum absolute atomic E-state index is 12.5. The summed E-state index contributed by atoms with van der Waals surface area (Å²) in [5.74, 6) is 0.554. The van der Waals surface area contributed by atoms with Gasteiger partial charge in [0.25, 0.3) is 0 Å². The number of carbonyl (C=O) groups excluding carboxylic acids is 1. The molecule has 2 aromatic rings. The zero-order valence-corrected chi connectivity index (χ0v) is 21.0. The van der Waals surface area contributed by atoms with Crippen molar-refractivity contribution in [3.8, 4) is 0 Å². The average Bonchev–Trinajstić information content (AvgIpc) is 3.04. The first-order valence-corrected chi connectivity index (χ1v) is 12.2. The number of nitrogens with zero attached hydrogens (tertiary/aromatic N) is 5. The molecule has 0 radical (unpaired) electrons. The molecule has 1 aliphatic carbocycles. The van der Waals surface area contributed by atoms with Gasteiger partial charge in [-0.3, -0.25) is 4.90 Å². The highest BCUT2D eigenvalue weighted by molar-refractivity contribution is 14.1. The number of carbonyl (C=O) groups is 1. The first-order valence-electron chi connectivity index (χ1n) is 11.1. The molecule has 4 rings (SSSR count). The fourth-order valence-electron chi connectivity index (χ4n) is 4.95. The molecule has 2 fully saturated rings. The Morgan fingerprint density at radius 2 is 1.84 bits per heavy atom. The van der Waals surface area contributed by atoms with Crippen LogP contribution in [0, 0.1) is 3.57 Å². The molecule has 1 aliphatic heterocycles. The highest BCUT2D eigenvalue weighted by atomic mass is 127. The molecular formula is C22H33IN6O2. The zero-order chi connectivity index (χ0) is 22.3. The van der Waals surface area contributed by atoms with Gasteiger partial charge in [-0.15, -0.1) is 0 Å². The molecule has 8 nitrogen and oxygen atoms in total. The van der Waals surface area contributed by atoms with E-state index in [0.29, 0.717) is 17.9 Å². The first kappa shape index (κ1) is 22.6. The number of anilines is 1. The molecule has 31 heavy (non-hydrogen) atoms. The van der Waals surface area contributed by atoms with Gasteiger partial charge in [0, 0.05) is 47.5 Å². The van der Waals surface area contributed by atoms with E-state index >= 15 is 0 Å². The molecule has 3 heterocycles. The van der Waals surface area contributed by atoms with Crippen molar-refractivity contribution in [3.05, 3.63) is 16.1 Å². The topological polar surface area (TPSA) is 89.5 Å². The summed E-state index contributed by atoms with van der Waals surface area (Å²) in [7, 11) is 0. The van der Waals surface area contributed by atoms with E-state index in [-0.39, 0.29) is 12.1 Å². The SMILES string of the molecule is C[C@H]1CN([C@H]2CC[C@@H](n3cc(I)c4c(N)ncnc43)CC2)CCN1C(=O)OC(C)(C)C. The van der Waals surface area contributed by atoms with Crippen LogP contribution in [0.15, 0.2) is 12.5 Å². The third-order valence-corrected chi connectivity index (χ3v) is 7.27. The number of ether oxygens (including phenoxy) is 1. The Balaban J connectivity index is 1.36. The van der Waals surface area contributed by atoms with Gasteiger partial charge in [0.15, 0.2) is 0 Å². The quantitative estimate of drug-likeness (QED) is 0.579. The summed E-state index contributed by atoms with van der Waals surface area (Å²) in [6.07, 6.45) is 8.08. The van der Waals surface area contributed by atoms with Crippen molar-refractivity contribution in [2.45, 2.75) is 77.1 Å². The van der Waals surface area contributed by atoms with Crippen molar-refractivity contribution < 1.29 is 9.53 Å². The molecule has 2 N–H and O–H groups in total. The molecule has 1 amide bonds. The molecule has 9 heteroatoms. The van der Waals surface area contributed by atoms with Crippen LogP contribution in [0.25, 0.3) is 11.0 Å². The van der Waals surface area contributed by atoms with E-state index in [4.69, 9.17) is 10.5 Å². The van der Waals surface area contributed by atoms with Crippen LogP contribution in [-0.2, 0) is 4.74 Å². The van der Waals surface area contributed by atoms with E-state index in [0.717, 1.165) is 59.9 Å². The van der Waals surface area contributed by atoms with Crippen molar-refractivity contribution >= 4 is 45.5 Å². The lowest BCUT2D eigenvalue weighted by atomic mass is 9.89. The van der Waals surface area contributed by atoms with Gasteiger partial charge in [-0.05, 0) is 76.0 Å². The first-order chi connectivity index (χ1) is 14.6. The Bertz CT molecular complexity index is 947. The van der Waals surface area contributed by atoms with Gasteiger partial charge >= 0.3 is 6.09 Å². The number of nitrogens with two attached hydrogens (primary N) is 1. The van der Waals surface area contributed by atoms with Gasteiger partial charge in [0.1, 0.15) is 23.4 Å². The molecule has 0 bridgehead atoms. The molecular weight excluding hydrogens is 507 g/mol. The number of hydrogen-bond acceptors (Lipinski definition) is 6. The van der Waals surface area contributed by atoms with E-state index < -0.39 is 5.60 Å². The molecule has 1 atom stereocenters. The maximum atomic E-state index is 12.5. The number of nitrogen functional groups attached to an aromatic ring is 1. The summed E-state index contributed by atoms with van der Waals surface area (Å²) in [5, 5.41) is 0.970. The van der Waals surface area contributed by atoms with Crippen LogP contribution in [0.2, 0.25) is 0 Å². The van der Waals surface area contributed by atoms with Gasteiger partial charge in [-0.25, -0.2) is 14.8 Å². The maximum Gasteiger partial charge on any atom is 0.410 e. The predicted molar refractivity (Wildman–Crippen MR) is 130 cm³/mol. The predicted octanol–water partition coefficient (Wildman–Crippen LogP) is 4.04. The number of aromatic nitrogens is 3. The molecule has 0 unspecified atom stereocenters. The van der Waals surface area contributed by atoms with Crippen LogP contribution in [0.3, 0.4) is 0 Å². The van der Waals surface area contributed by atoms with Crippen LogP contribution in [0.4, 0.5) is 10.6 Å². The van der Waals surface area contributed by atoms with Gasteiger partial charge < -0.3 is 19.9 Å². The van der Waals surface area contributed by atoms with Crippen LogP contribution >= 0.6 is 22.6 Å². The van der Waals surface area contributed by atoms with Crippen molar-refractivity contribution in [2.24, 2.45) is 0 Å². The van der Waals surface area contributed by atoms with Gasteiger partial charge in [-0.2, -0.15) is 0 Å². The van der Waals surface area contributed by atoms with E-state index in [2.05, 4.69) is 55.1 Å². The summed E-state index contributed by atoms with van der Waals surface area (Å²) in [4.78, 5) is 25.6. The normalized spacial score (nSPS) is 25.7. The molecule has 2 aliphatic rings. The molecule has 1 saturated carbocycles. The minimum atomic E-state index is -0.456. The van der Waals surface area contributed by atoms with Gasteiger partial charge in [-0.1, -0.05) is 0 Å². The highest BCUT2D eigenvalue weighted by Gasteiger charge is 2.35. The minimum absolute atomic E-state index is 0.163. The Kier molecular flexibility index (Phi) is 6.35. The molecule has 2 aromatic heterocycles. The second kappa shape index (κ2) is 8.73. The van der Waals surface area contributed by atoms with Crippen molar-refractivity contribution in [1.82, 2.24) is 24.3 Å². The van der Waals surface area contributed by atoms with E-state index in [1.54, 1.807) is 6.33 Å². The zero-order valence-electron chi connectivity index (χ0n) is 18.8. The summed E-state index contributed by atoms with van der Waals surface area (Å²) in [5.41, 5.74) is 6.57. The van der Waals surface area contributed by atoms with Gasteiger partial charge in [0.05, 0.1) is 5.39 Å². The Labute approximate surface area is 197 Å². The summed E-state index contributed by atoms with van der Waals surface area (Å²) >= 11 is 2.33. The van der Waals surface area contributed by atoms with E-state index in [1.165, 1.54) is 0 Å². The largest absolute Gasteiger partial charge is 0.444 e. The second-order valence-electron chi connectivity index (χ2n) is 9.82. The van der Waals surface area contributed by atoms with Crippen LogP contribution in [0.1, 0.15) is 59.4 Å². The highest BCUT2D eigenvalue weighted by Crippen LogP contribution is 2.36. The van der Waals surface area contributed by atoms with E-state index in [9.17, 15) is 4.79 Å². The van der Waals surface area contributed by atoms with E-state index in [1.807, 2.05) is 25.7 Å². The summed E-state index contributed by atoms with van der Waals surface area (Å²) in [6.45, 7) is 10.4. The Morgan fingerprint density at radius 3 is 2.48 bits per heavy atom. The third-order valence-electron chi connectivity index (χ3n) is 6.46. The number of halogens is 1. The Hall–Kier alpha value is -1.62. The van der Waals surface area contributed by atoms with Gasteiger partial charge in [0.2, 0.25) is 0 Å². The van der Waals surface area contributed by atoms with Crippen molar-refractivity contribution in [2.75, 3.05) is 25.4 Å². The monoisotopic (exact) mass is 540 g/mol. The lowest BCUT2D eigenvalue weighted by molar-refractivity contribution is -0.00809. The summed E-state index contributed by atoms with van der Waals surface area (Å²) in [6, 6.07) is 1.17. The molecule has 0 aromatic carbocycles. The summed E-state index contributed by atoms with van der Waals surface area (Å²) < 4.78 is 8.99. The minimum Gasteiger partial charge on any atom is -0.444 e. The standard InChI is InChI=1S/C22H33IN6O2/c1-14-11-27(9-10-28(14)21(30)31-22(2,3)4)15-5-7-16(8-6-15)29-12-17(23)18-19(24)25-13-26-20(18)29/h12-16H,5-11H2,1-4H3,(H2,24,25,26)/t14-,15-,16+/m0/s1. The van der Waals surface area contributed by atoms with Crippen molar-refractivity contribution in [3.63, 3.8) is 0 Å². The van der Waals surface area contributed by atoms with Crippen LogP contribution in [-0.4, -0.2) is 67.7 Å². The molecule has 0 spiro atoms. The lowest BCUT2D eigenvalue weighted by Crippen LogP contribution is -2.57. The average molecular weight is 540 g/mol. The second-order valence-corrected chi connectivity index (χ2v) is 11.0. The third kappa shape index (κ3) is 4.76. The number of amides is 1. The fraction of sp³-hybridized carbons (Fsp3) is 0.682. The number of fused-ring (bicyclic) bond motifs is 1. The van der Waals surface area contributed by atoms with Crippen LogP contribution < -0.4 is 5.73 Å². The Morgan fingerprint density at radius 1 is 1.16 bits per heavy atom. The lowest BCUT2D eigenvalue weighted by Gasteiger charge is -2.45. The number of piperazine rings is 1. The molecule has 170 valence electrons. The molecule has 1 saturated heterocycles.